The zero-order valence-electron chi connectivity index (χ0n) is 4.72. The second-order valence-electron chi connectivity index (χ2n) is 2.78. The molecule has 0 N–H and O–H groups in total. The lowest BCUT2D eigenvalue weighted by molar-refractivity contribution is 0.456. The van der Waals surface area contributed by atoms with E-state index in [1.165, 1.54) is 19.4 Å². The highest BCUT2D eigenvalue weighted by atomic mass is 15.3. The minimum Gasteiger partial charge on any atom is -0.295 e. The Morgan fingerprint density at radius 1 is 1.43 bits per heavy atom. The van der Waals surface area contributed by atoms with Crippen molar-refractivity contribution < 1.29 is 0 Å². The maximum absolute atomic E-state index is 2.57. The Balaban J connectivity index is 2.08. The van der Waals surface area contributed by atoms with Gasteiger partial charge in [-0.15, -0.1) is 0 Å². The van der Waals surface area contributed by atoms with E-state index in [0.717, 1.165) is 12.1 Å². The molecule has 1 nitrogen and oxygen atoms in total. The standard InChI is InChI=1S/C6H11N/c1-5-2-3-6-4-7(5)6/h5-6H,2-4H2,1H3/t5-,6+,7?/m0/s1. The first-order chi connectivity index (χ1) is 3.38. The molecule has 3 atom stereocenters. The number of fused-ring (bicyclic) bond motifs is 1. The highest BCUT2D eigenvalue weighted by Gasteiger charge is 2.42. The number of rotatable bonds is 0. The lowest BCUT2D eigenvalue weighted by Gasteiger charge is -2.01. The fourth-order valence-corrected chi connectivity index (χ4v) is 1.59. The van der Waals surface area contributed by atoms with Gasteiger partial charge in [0.05, 0.1) is 0 Å². The zero-order chi connectivity index (χ0) is 4.85. The van der Waals surface area contributed by atoms with Gasteiger partial charge in [-0.2, -0.15) is 0 Å². The maximum Gasteiger partial charge on any atom is 0.0227 e. The molecule has 2 heterocycles. The molecule has 0 spiro atoms. The van der Waals surface area contributed by atoms with Gasteiger partial charge in [0.1, 0.15) is 0 Å². The van der Waals surface area contributed by atoms with Crippen molar-refractivity contribution in [2.45, 2.75) is 31.8 Å². The molecule has 0 aromatic heterocycles. The van der Waals surface area contributed by atoms with Crippen molar-refractivity contribution in [3.8, 4) is 0 Å². The Bertz CT molecular complexity index is 90.2. The molecule has 1 heteroatoms. The summed E-state index contributed by atoms with van der Waals surface area (Å²) in [6.07, 6.45) is 2.92. The summed E-state index contributed by atoms with van der Waals surface area (Å²) in [6.45, 7) is 3.73. The normalized spacial score (nSPS) is 57.0. The smallest absolute Gasteiger partial charge is 0.0227 e. The fraction of sp³-hybridized carbons (Fsp3) is 1.00. The van der Waals surface area contributed by atoms with E-state index >= 15 is 0 Å². The van der Waals surface area contributed by atoms with Crippen molar-refractivity contribution in [2.24, 2.45) is 0 Å². The molecule has 40 valence electrons. The molecule has 2 rings (SSSR count). The summed E-state index contributed by atoms with van der Waals surface area (Å²) in [5.41, 5.74) is 0. The van der Waals surface area contributed by atoms with Crippen LogP contribution in [0.15, 0.2) is 0 Å². The van der Waals surface area contributed by atoms with Gasteiger partial charge < -0.3 is 0 Å². The summed E-state index contributed by atoms with van der Waals surface area (Å²) in [5.74, 6) is 0. The summed E-state index contributed by atoms with van der Waals surface area (Å²) in [5, 5.41) is 0. The van der Waals surface area contributed by atoms with Crippen LogP contribution in [-0.2, 0) is 0 Å². The Morgan fingerprint density at radius 2 is 2.29 bits per heavy atom. The molecule has 0 radical (unpaired) electrons. The van der Waals surface area contributed by atoms with Crippen molar-refractivity contribution in [2.75, 3.05) is 6.54 Å². The third kappa shape index (κ3) is 0.418. The maximum atomic E-state index is 2.57. The Kier molecular flexibility index (Phi) is 0.571. The number of piperidine rings is 1. The third-order valence-electron chi connectivity index (χ3n) is 2.24. The quantitative estimate of drug-likeness (QED) is 0.405. The van der Waals surface area contributed by atoms with Crippen LogP contribution in [0.1, 0.15) is 19.8 Å². The highest BCUT2D eigenvalue weighted by molar-refractivity contribution is 4.98. The summed E-state index contributed by atoms with van der Waals surface area (Å²) in [7, 11) is 0. The predicted octanol–water partition coefficient (Wildman–Crippen LogP) is 0.853. The van der Waals surface area contributed by atoms with E-state index in [4.69, 9.17) is 0 Å². The van der Waals surface area contributed by atoms with Crippen LogP contribution in [-0.4, -0.2) is 23.5 Å². The van der Waals surface area contributed by atoms with E-state index < -0.39 is 0 Å². The van der Waals surface area contributed by atoms with Gasteiger partial charge in [0.2, 0.25) is 0 Å². The zero-order valence-corrected chi connectivity index (χ0v) is 4.72. The summed E-state index contributed by atoms with van der Waals surface area (Å²) < 4.78 is 0. The first-order valence-corrected chi connectivity index (χ1v) is 3.13. The van der Waals surface area contributed by atoms with Gasteiger partial charge in [0, 0.05) is 18.6 Å². The van der Waals surface area contributed by atoms with Crippen LogP contribution >= 0.6 is 0 Å². The molecule has 0 amide bonds. The molecule has 0 aromatic rings. The molecule has 7 heavy (non-hydrogen) atoms. The average Bonchev–Trinajstić information content (AvgIpc) is 2.33. The Morgan fingerprint density at radius 3 is 2.43 bits per heavy atom. The monoisotopic (exact) mass is 97.1 g/mol. The minimum atomic E-state index is 0.921. The number of hydrogen-bond donors (Lipinski definition) is 0. The topological polar surface area (TPSA) is 3.01 Å². The third-order valence-corrected chi connectivity index (χ3v) is 2.24. The molecule has 0 saturated carbocycles. The summed E-state index contributed by atoms with van der Waals surface area (Å²) in [4.78, 5) is 2.57. The molecule has 0 bridgehead atoms. The largest absolute Gasteiger partial charge is 0.295 e. The van der Waals surface area contributed by atoms with Crippen LogP contribution in [0.2, 0.25) is 0 Å². The van der Waals surface area contributed by atoms with Gasteiger partial charge in [-0.3, -0.25) is 4.90 Å². The van der Waals surface area contributed by atoms with Gasteiger partial charge in [-0.05, 0) is 19.8 Å². The van der Waals surface area contributed by atoms with E-state index in [9.17, 15) is 0 Å². The first-order valence-electron chi connectivity index (χ1n) is 3.13. The van der Waals surface area contributed by atoms with Crippen LogP contribution in [0.4, 0.5) is 0 Å². The van der Waals surface area contributed by atoms with Crippen molar-refractivity contribution in [1.29, 1.82) is 0 Å². The Labute approximate surface area is 44.3 Å². The molecular weight excluding hydrogens is 86.1 g/mol. The van der Waals surface area contributed by atoms with Crippen LogP contribution in [0, 0.1) is 0 Å². The molecule has 1 unspecified atom stereocenters. The van der Waals surface area contributed by atoms with Crippen molar-refractivity contribution in [1.82, 2.24) is 4.90 Å². The van der Waals surface area contributed by atoms with E-state index in [-0.39, 0.29) is 0 Å². The average molecular weight is 97.2 g/mol. The van der Waals surface area contributed by atoms with Gasteiger partial charge in [0.25, 0.3) is 0 Å². The Hall–Kier alpha value is -0.0400. The van der Waals surface area contributed by atoms with E-state index in [0.29, 0.717) is 0 Å². The van der Waals surface area contributed by atoms with E-state index in [1.807, 2.05) is 0 Å². The van der Waals surface area contributed by atoms with E-state index in [1.54, 1.807) is 0 Å². The first kappa shape index (κ1) is 3.90. The lowest BCUT2D eigenvalue weighted by Crippen LogP contribution is -2.07. The van der Waals surface area contributed by atoms with Gasteiger partial charge in [0.15, 0.2) is 0 Å². The lowest BCUT2D eigenvalue weighted by atomic mass is 10.2. The number of hydrogen-bond acceptors (Lipinski definition) is 1. The second kappa shape index (κ2) is 1.03. The highest BCUT2D eigenvalue weighted by Crippen LogP contribution is 2.34. The fourth-order valence-electron chi connectivity index (χ4n) is 1.59. The summed E-state index contributed by atoms with van der Waals surface area (Å²) in [6, 6.07) is 1.94. The molecule has 2 aliphatic heterocycles. The number of nitrogens with zero attached hydrogens (tertiary/aromatic N) is 1. The van der Waals surface area contributed by atoms with Gasteiger partial charge in [-0.1, -0.05) is 0 Å². The van der Waals surface area contributed by atoms with Crippen molar-refractivity contribution in [3.63, 3.8) is 0 Å². The van der Waals surface area contributed by atoms with Crippen LogP contribution in [0.3, 0.4) is 0 Å². The molecule has 2 fully saturated rings. The molecule has 2 aliphatic rings. The molecule has 0 aliphatic carbocycles. The molecule has 0 aromatic carbocycles. The van der Waals surface area contributed by atoms with Gasteiger partial charge >= 0.3 is 0 Å². The predicted molar refractivity (Wildman–Crippen MR) is 29.2 cm³/mol. The summed E-state index contributed by atoms with van der Waals surface area (Å²) >= 11 is 0. The minimum absolute atomic E-state index is 0.921. The van der Waals surface area contributed by atoms with Gasteiger partial charge in [-0.25, -0.2) is 0 Å². The SMILES string of the molecule is C[C@H]1CC[C@@H]2CN21. The van der Waals surface area contributed by atoms with Crippen molar-refractivity contribution in [3.05, 3.63) is 0 Å². The van der Waals surface area contributed by atoms with E-state index in [2.05, 4.69) is 11.8 Å². The van der Waals surface area contributed by atoms with Crippen LogP contribution < -0.4 is 0 Å². The second-order valence-corrected chi connectivity index (χ2v) is 2.78. The van der Waals surface area contributed by atoms with Crippen LogP contribution in [0.25, 0.3) is 0 Å². The van der Waals surface area contributed by atoms with Crippen molar-refractivity contribution >= 4 is 0 Å². The van der Waals surface area contributed by atoms with Crippen LogP contribution in [0.5, 0.6) is 0 Å². The molecular formula is C6H11N. The molecule has 2 saturated heterocycles.